The summed E-state index contributed by atoms with van der Waals surface area (Å²) in [4.78, 5) is 0. The van der Waals surface area contributed by atoms with Crippen LogP contribution in [0.25, 0.3) is 0 Å². The third-order valence-electron chi connectivity index (χ3n) is 2.25. The van der Waals surface area contributed by atoms with Crippen LogP contribution in [0.15, 0.2) is 11.4 Å². The molecule has 1 aliphatic rings. The first-order valence-electron chi connectivity index (χ1n) is 4.90. The molecule has 1 saturated heterocycles. The van der Waals surface area contributed by atoms with Gasteiger partial charge in [0.25, 0.3) is 0 Å². The summed E-state index contributed by atoms with van der Waals surface area (Å²) in [7, 11) is -1.23. The van der Waals surface area contributed by atoms with E-state index in [-0.39, 0.29) is 6.29 Å². The number of hydrogen-bond acceptors (Lipinski definition) is 3. The van der Waals surface area contributed by atoms with Crippen LogP contribution in [0.2, 0.25) is 19.6 Å². The van der Waals surface area contributed by atoms with Gasteiger partial charge in [-0.1, -0.05) is 19.6 Å². The smallest absolute Gasteiger partial charge is 0.184 e. The Morgan fingerprint density at radius 1 is 1.29 bits per heavy atom. The van der Waals surface area contributed by atoms with Gasteiger partial charge in [0.05, 0.1) is 21.3 Å². The van der Waals surface area contributed by atoms with E-state index in [1.165, 1.54) is 10.1 Å². The minimum Gasteiger partial charge on any atom is -0.346 e. The normalized spacial score (nSPS) is 19.1. The summed E-state index contributed by atoms with van der Waals surface area (Å²) < 4.78 is 12.6. The molecule has 0 spiro atoms. The van der Waals surface area contributed by atoms with Crippen molar-refractivity contribution in [3.05, 3.63) is 17.0 Å². The lowest BCUT2D eigenvalue weighted by atomic mass is 10.3. The van der Waals surface area contributed by atoms with Gasteiger partial charge < -0.3 is 9.47 Å². The minimum absolute atomic E-state index is 0.0945. The molecule has 1 aromatic heterocycles. The van der Waals surface area contributed by atoms with Gasteiger partial charge in [0.1, 0.15) is 0 Å². The Hall–Kier alpha value is -0.163. The lowest BCUT2D eigenvalue weighted by Gasteiger charge is -2.19. The van der Waals surface area contributed by atoms with E-state index >= 15 is 0 Å². The van der Waals surface area contributed by atoms with E-state index in [1.54, 1.807) is 0 Å². The summed E-state index contributed by atoms with van der Waals surface area (Å²) >= 11 is 1.85. The van der Waals surface area contributed by atoms with Crippen molar-refractivity contribution in [1.29, 1.82) is 0 Å². The van der Waals surface area contributed by atoms with Crippen molar-refractivity contribution in [3.8, 4) is 0 Å². The van der Waals surface area contributed by atoms with Crippen LogP contribution in [0.3, 0.4) is 0 Å². The summed E-state index contributed by atoms with van der Waals surface area (Å²) in [6.07, 6.45) is -0.0945. The summed E-state index contributed by atoms with van der Waals surface area (Å²) in [5, 5.41) is 2.15. The fraction of sp³-hybridized carbons (Fsp3) is 0.600. The maximum absolute atomic E-state index is 5.54. The van der Waals surface area contributed by atoms with Crippen LogP contribution in [0, 0.1) is 0 Å². The third-order valence-corrected chi connectivity index (χ3v) is 6.84. The molecule has 0 radical (unpaired) electrons. The molecular weight excluding hydrogens is 212 g/mol. The average Bonchev–Trinajstić information content (AvgIpc) is 2.73. The molecule has 2 heterocycles. The number of hydrogen-bond donors (Lipinski definition) is 0. The van der Waals surface area contributed by atoms with Gasteiger partial charge in [0, 0.05) is 5.56 Å². The van der Waals surface area contributed by atoms with Gasteiger partial charge in [-0.25, -0.2) is 0 Å². The van der Waals surface area contributed by atoms with Crippen LogP contribution < -0.4 is 4.50 Å². The number of ether oxygens (including phenoxy) is 2. The molecule has 0 N–H and O–H groups in total. The molecule has 0 unspecified atom stereocenters. The molecule has 14 heavy (non-hydrogen) atoms. The molecular formula is C10H16O2SSi. The SMILES string of the molecule is C[Si](C)(C)c1sccc1C1OCCO1. The second-order valence-electron chi connectivity index (χ2n) is 4.53. The Morgan fingerprint density at radius 2 is 1.93 bits per heavy atom. The van der Waals surface area contributed by atoms with E-state index in [1.807, 2.05) is 11.3 Å². The molecule has 0 saturated carbocycles. The second kappa shape index (κ2) is 3.77. The molecule has 0 atom stereocenters. The van der Waals surface area contributed by atoms with Gasteiger partial charge in [0.2, 0.25) is 0 Å². The Kier molecular flexibility index (Phi) is 2.79. The van der Waals surface area contributed by atoms with E-state index in [0.29, 0.717) is 0 Å². The van der Waals surface area contributed by atoms with Crippen molar-refractivity contribution in [2.75, 3.05) is 13.2 Å². The lowest BCUT2D eigenvalue weighted by molar-refractivity contribution is -0.0431. The Labute approximate surface area is 89.9 Å². The highest BCUT2D eigenvalue weighted by Crippen LogP contribution is 2.26. The molecule has 78 valence electrons. The molecule has 1 aromatic rings. The molecule has 0 bridgehead atoms. The van der Waals surface area contributed by atoms with E-state index in [2.05, 4.69) is 31.1 Å². The summed E-state index contributed by atoms with van der Waals surface area (Å²) in [5.41, 5.74) is 1.27. The van der Waals surface area contributed by atoms with Crippen LogP contribution in [-0.4, -0.2) is 21.3 Å². The van der Waals surface area contributed by atoms with Crippen LogP contribution in [0.4, 0.5) is 0 Å². The van der Waals surface area contributed by atoms with Crippen molar-refractivity contribution in [3.63, 3.8) is 0 Å². The summed E-state index contributed by atoms with van der Waals surface area (Å²) in [5.74, 6) is 0. The fourth-order valence-electron chi connectivity index (χ4n) is 1.65. The zero-order valence-electron chi connectivity index (χ0n) is 8.87. The predicted molar refractivity (Wildman–Crippen MR) is 61.9 cm³/mol. The zero-order valence-corrected chi connectivity index (χ0v) is 10.7. The number of rotatable bonds is 2. The van der Waals surface area contributed by atoms with Gasteiger partial charge >= 0.3 is 0 Å². The third kappa shape index (κ3) is 1.93. The van der Waals surface area contributed by atoms with Crippen LogP contribution in [0.5, 0.6) is 0 Å². The fourth-order valence-corrected chi connectivity index (χ4v) is 4.99. The zero-order chi connectivity index (χ0) is 10.2. The van der Waals surface area contributed by atoms with Gasteiger partial charge in [-0.05, 0) is 15.9 Å². The maximum atomic E-state index is 5.54. The van der Waals surface area contributed by atoms with E-state index in [4.69, 9.17) is 9.47 Å². The van der Waals surface area contributed by atoms with Crippen LogP contribution in [0.1, 0.15) is 11.9 Å². The van der Waals surface area contributed by atoms with E-state index in [0.717, 1.165) is 13.2 Å². The molecule has 0 aromatic carbocycles. The summed E-state index contributed by atoms with van der Waals surface area (Å²) in [6, 6.07) is 2.15. The highest BCUT2D eigenvalue weighted by Gasteiger charge is 2.28. The van der Waals surface area contributed by atoms with Crippen molar-refractivity contribution < 1.29 is 9.47 Å². The Balaban J connectivity index is 2.29. The Bertz CT molecular complexity index is 310. The number of thiophene rings is 1. The first kappa shape index (κ1) is 10.4. The van der Waals surface area contributed by atoms with Gasteiger partial charge in [0.15, 0.2) is 6.29 Å². The molecule has 1 aliphatic heterocycles. The monoisotopic (exact) mass is 228 g/mol. The maximum Gasteiger partial charge on any atom is 0.184 e. The Morgan fingerprint density at radius 3 is 2.50 bits per heavy atom. The largest absolute Gasteiger partial charge is 0.346 e. The highest BCUT2D eigenvalue weighted by molar-refractivity contribution is 7.25. The quantitative estimate of drug-likeness (QED) is 0.723. The van der Waals surface area contributed by atoms with Crippen LogP contribution >= 0.6 is 11.3 Å². The van der Waals surface area contributed by atoms with Gasteiger partial charge in [-0.3, -0.25) is 0 Å². The van der Waals surface area contributed by atoms with Crippen molar-refractivity contribution in [2.24, 2.45) is 0 Å². The standard InChI is InChI=1S/C10H16O2SSi/c1-14(2,3)10-8(4-7-13-10)9-11-5-6-12-9/h4,7,9H,5-6H2,1-3H3. The second-order valence-corrected chi connectivity index (χ2v) is 10.8. The highest BCUT2D eigenvalue weighted by atomic mass is 32.1. The van der Waals surface area contributed by atoms with Crippen molar-refractivity contribution >= 4 is 23.9 Å². The minimum atomic E-state index is -1.23. The summed E-state index contributed by atoms with van der Waals surface area (Å²) in [6.45, 7) is 8.53. The molecule has 0 aliphatic carbocycles. The first-order chi connectivity index (χ1) is 6.59. The lowest BCUT2D eigenvalue weighted by Crippen LogP contribution is -2.38. The average molecular weight is 228 g/mol. The van der Waals surface area contributed by atoms with Crippen LogP contribution in [-0.2, 0) is 9.47 Å². The van der Waals surface area contributed by atoms with E-state index < -0.39 is 8.07 Å². The molecule has 0 amide bonds. The molecule has 2 nitrogen and oxygen atoms in total. The first-order valence-corrected chi connectivity index (χ1v) is 9.28. The van der Waals surface area contributed by atoms with Gasteiger partial charge in [-0.15, -0.1) is 0 Å². The molecule has 1 fully saturated rings. The van der Waals surface area contributed by atoms with Crippen molar-refractivity contribution in [2.45, 2.75) is 25.9 Å². The molecule has 2 rings (SSSR count). The van der Waals surface area contributed by atoms with E-state index in [9.17, 15) is 0 Å². The van der Waals surface area contributed by atoms with Crippen molar-refractivity contribution in [1.82, 2.24) is 0 Å². The topological polar surface area (TPSA) is 18.5 Å². The predicted octanol–water partition coefficient (Wildman–Crippen LogP) is 2.34. The van der Waals surface area contributed by atoms with Gasteiger partial charge in [-0.2, -0.15) is 11.3 Å². The molecule has 4 heteroatoms.